The van der Waals surface area contributed by atoms with E-state index in [0.717, 1.165) is 17.5 Å². The van der Waals surface area contributed by atoms with Crippen molar-refractivity contribution < 1.29 is 4.39 Å². The summed E-state index contributed by atoms with van der Waals surface area (Å²) in [4.78, 5) is 14.8. The Morgan fingerprint density at radius 1 is 1.50 bits per heavy atom. The molecule has 0 unspecified atom stereocenters. The van der Waals surface area contributed by atoms with Gasteiger partial charge in [-0.25, -0.2) is 9.07 Å². The second-order valence-electron chi connectivity index (χ2n) is 2.63. The molecule has 2 heterocycles. The molecule has 14 heavy (non-hydrogen) atoms. The van der Waals surface area contributed by atoms with E-state index in [-0.39, 0.29) is 17.2 Å². The Morgan fingerprint density at radius 2 is 2.36 bits per heavy atom. The van der Waals surface area contributed by atoms with Gasteiger partial charge in [-0.15, -0.1) is 0 Å². The van der Waals surface area contributed by atoms with E-state index in [9.17, 15) is 9.18 Å². The molecule has 6 heteroatoms. The van der Waals surface area contributed by atoms with Crippen LogP contribution in [0.5, 0.6) is 0 Å². The van der Waals surface area contributed by atoms with Gasteiger partial charge in [-0.2, -0.15) is 5.10 Å². The van der Waals surface area contributed by atoms with Crippen molar-refractivity contribution in [1.29, 1.82) is 0 Å². The lowest BCUT2D eigenvalue weighted by atomic mass is 10.3. The van der Waals surface area contributed by atoms with Crippen LogP contribution >= 0.6 is 11.3 Å². The van der Waals surface area contributed by atoms with Crippen LogP contribution in [0.15, 0.2) is 28.6 Å². The fourth-order valence-electron chi connectivity index (χ4n) is 0.992. The molecule has 0 aliphatic rings. The Morgan fingerprint density at radius 3 is 2.93 bits per heavy atom. The average Bonchev–Trinajstić information content (AvgIpc) is 2.56. The van der Waals surface area contributed by atoms with Gasteiger partial charge >= 0.3 is 4.87 Å². The molecular formula is C8H6FN3OS. The van der Waals surface area contributed by atoms with Gasteiger partial charge in [0.25, 0.3) is 0 Å². The van der Waals surface area contributed by atoms with Crippen molar-refractivity contribution in [1.82, 2.24) is 14.8 Å². The largest absolute Gasteiger partial charge is 0.325 e. The number of pyridine rings is 1. The van der Waals surface area contributed by atoms with Gasteiger partial charge in [-0.3, -0.25) is 9.78 Å². The van der Waals surface area contributed by atoms with Gasteiger partial charge in [0.1, 0.15) is 11.3 Å². The van der Waals surface area contributed by atoms with Crippen molar-refractivity contribution in [2.24, 2.45) is 0 Å². The summed E-state index contributed by atoms with van der Waals surface area (Å²) in [5.74, 6) is -0.389. The lowest BCUT2D eigenvalue weighted by molar-refractivity contribution is 0.610. The first-order valence-electron chi connectivity index (χ1n) is 3.87. The molecule has 2 aromatic rings. The minimum atomic E-state index is -0.389. The van der Waals surface area contributed by atoms with Crippen molar-refractivity contribution in [3.8, 4) is 0 Å². The van der Waals surface area contributed by atoms with Gasteiger partial charge in [0.2, 0.25) is 0 Å². The summed E-state index contributed by atoms with van der Waals surface area (Å²) < 4.78 is 13.8. The molecule has 4 nitrogen and oxygen atoms in total. The number of halogens is 1. The predicted octanol–water partition coefficient (Wildman–Crippen LogP) is 0.887. The molecule has 0 amide bonds. The highest BCUT2D eigenvalue weighted by molar-refractivity contribution is 7.06. The average molecular weight is 211 g/mol. The maximum atomic E-state index is 12.5. The highest BCUT2D eigenvalue weighted by Crippen LogP contribution is 1.99. The topological polar surface area (TPSA) is 47.8 Å². The molecule has 0 spiro atoms. The summed E-state index contributed by atoms with van der Waals surface area (Å²) in [6.07, 6.45) is 1.12. The fraction of sp³-hybridized carbons (Fsp3) is 0.125. The predicted molar refractivity (Wildman–Crippen MR) is 49.7 cm³/mol. The summed E-state index contributed by atoms with van der Waals surface area (Å²) in [6.45, 7) is 0.280. The lowest BCUT2D eigenvalue weighted by Crippen LogP contribution is -2.16. The monoisotopic (exact) mass is 211 g/mol. The molecular weight excluding hydrogens is 205 g/mol. The Hall–Kier alpha value is -1.56. The van der Waals surface area contributed by atoms with E-state index < -0.39 is 0 Å². The molecule has 0 radical (unpaired) electrons. The first-order valence-corrected chi connectivity index (χ1v) is 4.75. The molecule has 0 N–H and O–H groups in total. The standard InChI is InChI=1S/C8H6FN3OS/c9-6-1-2-7(10-3-6)4-12-8(13)14-5-11-12/h1-3,5H,4H2. The van der Waals surface area contributed by atoms with E-state index in [1.165, 1.54) is 22.3 Å². The first kappa shape index (κ1) is 9.01. The molecule has 72 valence electrons. The van der Waals surface area contributed by atoms with Crippen molar-refractivity contribution in [2.75, 3.05) is 0 Å². The second kappa shape index (κ2) is 3.67. The molecule has 0 atom stereocenters. The van der Waals surface area contributed by atoms with E-state index in [4.69, 9.17) is 0 Å². The van der Waals surface area contributed by atoms with Crippen molar-refractivity contribution in [2.45, 2.75) is 6.54 Å². The summed E-state index contributed by atoms with van der Waals surface area (Å²) >= 11 is 1.02. The zero-order valence-electron chi connectivity index (χ0n) is 7.05. The van der Waals surface area contributed by atoms with Crippen LogP contribution in [0.3, 0.4) is 0 Å². The number of aromatic nitrogens is 3. The maximum Gasteiger partial charge on any atom is 0.325 e. The minimum Gasteiger partial charge on any atom is -0.256 e. The summed E-state index contributed by atoms with van der Waals surface area (Å²) in [5.41, 5.74) is 2.07. The molecule has 0 bridgehead atoms. The van der Waals surface area contributed by atoms with Gasteiger partial charge in [0.15, 0.2) is 0 Å². The molecule has 0 aliphatic carbocycles. The van der Waals surface area contributed by atoms with Crippen LogP contribution in [-0.2, 0) is 6.54 Å². The Balaban J connectivity index is 2.23. The molecule has 2 aromatic heterocycles. The third-order valence-electron chi connectivity index (χ3n) is 1.65. The summed E-state index contributed by atoms with van der Waals surface area (Å²) in [5, 5.41) is 3.82. The third-order valence-corrected chi connectivity index (χ3v) is 2.26. The highest BCUT2D eigenvalue weighted by atomic mass is 32.1. The molecule has 0 fully saturated rings. The van der Waals surface area contributed by atoms with E-state index in [2.05, 4.69) is 10.1 Å². The number of hydrogen-bond donors (Lipinski definition) is 0. The summed E-state index contributed by atoms with van der Waals surface area (Å²) in [6, 6.07) is 2.83. The molecule has 0 saturated heterocycles. The van der Waals surface area contributed by atoms with E-state index in [1.807, 2.05) is 0 Å². The van der Waals surface area contributed by atoms with Crippen LogP contribution in [0.25, 0.3) is 0 Å². The van der Waals surface area contributed by atoms with Gasteiger partial charge in [-0.1, -0.05) is 11.3 Å². The zero-order valence-corrected chi connectivity index (χ0v) is 7.87. The van der Waals surface area contributed by atoms with Gasteiger partial charge in [0, 0.05) is 0 Å². The second-order valence-corrected chi connectivity index (χ2v) is 3.43. The number of rotatable bonds is 2. The van der Waals surface area contributed by atoms with Crippen LogP contribution < -0.4 is 4.87 Å². The van der Waals surface area contributed by atoms with Crippen molar-refractivity contribution in [3.63, 3.8) is 0 Å². The number of hydrogen-bond acceptors (Lipinski definition) is 4. The Kier molecular flexibility index (Phi) is 2.36. The molecule has 0 saturated carbocycles. The SMILES string of the molecule is O=c1scnn1Cc1ccc(F)cn1. The Labute approximate surface area is 82.7 Å². The van der Waals surface area contributed by atoms with Gasteiger partial charge < -0.3 is 0 Å². The summed E-state index contributed by atoms with van der Waals surface area (Å²) in [7, 11) is 0. The van der Waals surface area contributed by atoms with E-state index in [0.29, 0.717) is 5.69 Å². The highest BCUT2D eigenvalue weighted by Gasteiger charge is 2.01. The van der Waals surface area contributed by atoms with Crippen LogP contribution in [-0.4, -0.2) is 14.8 Å². The zero-order chi connectivity index (χ0) is 9.97. The Bertz CT molecular complexity index is 476. The number of nitrogens with zero attached hydrogens (tertiary/aromatic N) is 3. The molecule has 2 rings (SSSR count). The third kappa shape index (κ3) is 1.85. The van der Waals surface area contributed by atoms with Crippen LogP contribution in [0.1, 0.15) is 5.69 Å². The quantitative estimate of drug-likeness (QED) is 0.741. The van der Waals surface area contributed by atoms with Crippen molar-refractivity contribution >= 4 is 11.3 Å². The lowest BCUT2D eigenvalue weighted by Gasteiger charge is -1.98. The van der Waals surface area contributed by atoms with Crippen LogP contribution in [0, 0.1) is 5.82 Å². The fourth-order valence-corrected chi connectivity index (χ4v) is 1.48. The minimum absolute atomic E-state index is 0.142. The van der Waals surface area contributed by atoms with Crippen LogP contribution in [0.4, 0.5) is 4.39 Å². The first-order chi connectivity index (χ1) is 6.75. The van der Waals surface area contributed by atoms with Crippen LogP contribution in [0.2, 0.25) is 0 Å². The van der Waals surface area contributed by atoms with Crippen molar-refractivity contribution in [3.05, 3.63) is 45.0 Å². The molecule has 0 aromatic carbocycles. The van der Waals surface area contributed by atoms with E-state index in [1.54, 1.807) is 0 Å². The maximum absolute atomic E-state index is 12.5. The van der Waals surface area contributed by atoms with Gasteiger partial charge in [0.05, 0.1) is 18.4 Å². The smallest absolute Gasteiger partial charge is 0.256 e. The van der Waals surface area contributed by atoms with Gasteiger partial charge in [-0.05, 0) is 12.1 Å². The normalized spacial score (nSPS) is 10.4. The molecule has 0 aliphatic heterocycles. The van der Waals surface area contributed by atoms with E-state index >= 15 is 0 Å².